The predicted octanol–water partition coefficient (Wildman–Crippen LogP) is 4.72. The van der Waals surface area contributed by atoms with Gasteiger partial charge in [-0.05, 0) is 56.3 Å². The second-order valence-electron chi connectivity index (χ2n) is 11.0. The highest BCUT2D eigenvalue weighted by atomic mass is 35.5. The third-order valence-corrected chi connectivity index (χ3v) is 8.94. The Morgan fingerprint density at radius 1 is 0.971 bits per heavy atom. The molecule has 0 unspecified atom stereocenters. The van der Waals surface area contributed by atoms with Crippen LogP contribution >= 0.6 is 11.6 Å². The fraction of sp³-hybridized carbons (Fsp3) is 0.630. The maximum atomic E-state index is 13.3. The minimum absolute atomic E-state index is 0.118. The zero-order chi connectivity index (χ0) is 25.1. The minimum Gasteiger partial charge on any atom is -0.496 e. The van der Waals surface area contributed by atoms with E-state index in [0.717, 1.165) is 17.8 Å². The number of hydrogen-bond acceptors (Lipinski definition) is 7. The van der Waals surface area contributed by atoms with Crippen LogP contribution in [0.5, 0.6) is 17.2 Å². The lowest BCUT2D eigenvalue weighted by Crippen LogP contribution is -2.55. The molecule has 0 amide bonds. The van der Waals surface area contributed by atoms with Gasteiger partial charge in [0.2, 0.25) is 11.4 Å². The van der Waals surface area contributed by atoms with E-state index < -0.39 is 11.5 Å². The molecule has 6 aliphatic rings. The van der Waals surface area contributed by atoms with Crippen molar-refractivity contribution < 1.29 is 28.5 Å². The third-order valence-electron chi connectivity index (χ3n) is 8.58. The highest BCUT2D eigenvalue weighted by Gasteiger charge is 2.60. The van der Waals surface area contributed by atoms with Gasteiger partial charge in [-0.3, -0.25) is 9.59 Å². The molecule has 0 saturated heterocycles. The molecule has 35 heavy (non-hydrogen) atoms. The van der Waals surface area contributed by atoms with E-state index in [2.05, 4.69) is 0 Å². The number of halogens is 1. The molecule has 0 aromatic heterocycles. The standard InChI is InChI=1S/C17H17ClO6.C10H17N/c1-8-5-9(19)6-12(23-4)17(8)16(20)13-10(21-2)7-11(22-3)14(18)15(13)24-17;11-10-4-7-1-8(5-10)3-9(2-7)6-10/h6-8H,5H2,1-4H3;7-9H,1-6,11H2/t8-,17+;/m1./s1. The van der Waals surface area contributed by atoms with E-state index in [1.807, 2.05) is 0 Å². The number of fused-ring (bicyclic) bond motifs is 1. The molecule has 7 rings (SSSR count). The number of methoxy groups -OCH3 is 3. The topological polar surface area (TPSA) is 97.1 Å². The molecule has 1 aromatic carbocycles. The molecular weight excluding hydrogens is 470 g/mol. The van der Waals surface area contributed by atoms with Crippen LogP contribution in [-0.4, -0.2) is 44.0 Å². The molecular formula is C27H34ClNO6. The number of carbonyl (C=O) groups is 2. The van der Waals surface area contributed by atoms with Gasteiger partial charge in [-0.15, -0.1) is 0 Å². The SMILES string of the molecule is COC1=CC(=O)C[C@@H](C)[C@]12Oc1c(Cl)c(OC)cc(OC)c1C2=O.NC12CC3CC(CC(C3)C1)C2. The van der Waals surface area contributed by atoms with Crippen LogP contribution in [0, 0.1) is 23.7 Å². The summed E-state index contributed by atoms with van der Waals surface area (Å²) in [5, 5.41) is 0.179. The van der Waals surface area contributed by atoms with E-state index in [4.69, 9.17) is 36.3 Å². The lowest BCUT2D eigenvalue weighted by atomic mass is 9.53. The van der Waals surface area contributed by atoms with Crippen molar-refractivity contribution >= 4 is 23.2 Å². The van der Waals surface area contributed by atoms with Crippen molar-refractivity contribution in [1.82, 2.24) is 0 Å². The maximum Gasteiger partial charge on any atom is 0.231 e. The molecule has 2 N–H and O–H groups in total. The Morgan fingerprint density at radius 2 is 1.54 bits per heavy atom. The first-order chi connectivity index (χ1) is 16.6. The van der Waals surface area contributed by atoms with Gasteiger partial charge in [-0.2, -0.15) is 0 Å². The largest absolute Gasteiger partial charge is 0.496 e. The van der Waals surface area contributed by atoms with E-state index >= 15 is 0 Å². The smallest absolute Gasteiger partial charge is 0.231 e. The van der Waals surface area contributed by atoms with Crippen molar-refractivity contribution in [1.29, 1.82) is 0 Å². The Labute approximate surface area is 211 Å². The average molecular weight is 504 g/mol. The predicted molar refractivity (Wildman–Crippen MR) is 131 cm³/mol. The number of carbonyl (C=O) groups excluding carboxylic acids is 2. The summed E-state index contributed by atoms with van der Waals surface area (Å²) in [7, 11) is 4.31. The highest BCUT2D eigenvalue weighted by Crippen LogP contribution is 2.55. The molecule has 7 nitrogen and oxygen atoms in total. The second-order valence-corrected chi connectivity index (χ2v) is 11.4. The summed E-state index contributed by atoms with van der Waals surface area (Å²) >= 11 is 6.33. The summed E-state index contributed by atoms with van der Waals surface area (Å²) in [6.45, 7) is 1.77. The minimum atomic E-state index is -1.42. The molecule has 4 fully saturated rings. The summed E-state index contributed by atoms with van der Waals surface area (Å²) in [5.74, 6) is 3.17. The number of allylic oxidation sites excluding steroid dienone is 1. The van der Waals surface area contributed by atoms with Gasteiger partial charge < -0.3 is 24.7 Å². The maximum absolute atomic E-state index is 13.3. The van der Waals surface area contributed by atoms with Crippen LogP contribution in [0.2, 0.25) is 5.02 Å². The number of nitrogens with two attached hydrogens (primary N) is 1. The van der Waals surface area contributed by atoms with E-state index in [0.29, 0.717) is 17.0 Å². The number of Topliss-reactive ketones (excluding diaryl/α,β-unsaturated/α-hetero) is 1. The molecule has 0 radical (unpaired) electrons. The van der Waals surface area contributed by atoms with Crippen molar-refractivity contribution in [2.45, 2.75) is 63.0 Å². The van der Waals surface area contributed by atoms with Gasteiger partial charge in [-0.1, -0.05) is 18.5 Å². The van der Waals surface area contributed by atoms with Crippen LogP contribution in [0.3, 0.4) is 0 Å². The molecule has 1 spiro atoms. The highest BCUT2D eigenvalue weighted by molar-refractivity contribution is 6.35. The summed E-state index contributed by atoms with van der Waals surface area (Å²) in [6, 6.07) is 1.54. The van der Waals surface area contributed by atoms with Crippen LogP contribution < -0.4 is 19.9 Å². The molecule has 1 aliphatic heterocycles. The van der Waals surface area contributed by atoms with Crippen LogP contribution in [-0.2, 0) is 9.53 Å². The lowest BCUT2D eigenvalue weighted by Gasteiger charge is -2.55. The summed E-state index contributed by atoms with van der Waals surface area (Å²) < 4.78 is 21.9. The van der Waals surface area contributed by atoms with Crippen molar-refractivity contribution in [3.63, 3.8) is 0 Å². The van der Waals surface area contributed by atoms with Gasteiger partial charge in [0.05, 0.1) is 21.3 Å². The van der Waals surface area contributed by atoms with Crippen LogP contribution in [0.15, 0.2) is 17.9 Å². The normalized spacial score (nSPS) is 36.2. The van der Waals surface area contributed by atoms with Gasteiger partial charge >= 0.3 is 0 Å². The number of rotatable bonds is 3. The molecule has 1 heterocycles. The zero-order valence-electron chi connectivity index (χ0n) is 20.8. The zero-order valence-corrected chi connectivity index (χ0v) is 21.6. The lowest BCUT2D eigenvalue weighted by molar-refractivity contribution is -0.118. The van der Waals surface area contributed by atoms with Crippen LogP contribution in [0.4, 0.5) is 0 Å². The Morgan fingerprint density at radius 3 is 2.03 bits per heavy atom. The number of ketones is 2. The molecule has 5 aliphatic carbocycles. The van der Waals surface area contributed by atoms with E-state index in [1.165, 1.54) is 72.0 Å². The quantitative estimate of drug-likeness (QED) is 0.637. The van der Waals surface area contributed by atoms with E-state index in [9.17, 15) is 9.59 Å². The molecule has 190 valence electrons. The molecule has 4 saturated carbocycles. The Hall–Kier alpha value is -2.25. The first kappa shape index (κ1) is 24.4. The van der Waals surface area contributed by atoms with Crippen molar-refractivity contribution in [3.05, 3.63) is 28.5 Å². The molecule has 2 atom stereocenters. The average Bonchev–Trinajstić information content (AvgIpc) is 3.10. The third kappa shape index (κ3) is 3.82. The van der Waals surface area contributed by atoms with Gasteiger partial charge in [0.15, 0.2) is 17.3 Å². The van der Waals surface area contributed by atoms with E-state index in [1.54, 1.807) is 6.92 Å². The second kappa shape index (κ2) is 8.70. The first-order valence-corrected chi connectivity index (χ1v) is 12.8. The summed E-state index contributed by atoms with van der Waals surface area (Å²) in [6.07, 6.45) is 10.0. The summed E-state index contributed by atoms with van der Waals surface area (Å²) in [4.78, 5) is 25.1. The molecule has 4 bridgehead atoms. The van der Waals surface area contributed by atoms with Gasteiger partial charge in [0, 0.05) is 30.0 Å². The Balaban J connectivity index is 0.000000189. The Kier molecular flexibility index (Phi) is 6.07. The van der Waals surface area contributed by atoms with Crippen LogP contribution in [0.25, 0.3) is 0 Å². The number of benzene rings is 1. The fourth-order valence-electron chi connectivity index (χ4n) is 7.48. The Bertz CT molecular complexity index is 1060. The number of hydrogen-bond donors (Lipinski definition) is 1. The van der Waals surface area contributed by atoms with Crippen molar-refractivity contribution in [3.8, 4) is 17.2 Å². The van der Waals surface area contributed by atoms with Gasteiger partial charge in [-0.25, -0.2) is 0 Å². The first-order valence-electron chi connectivity index (χ1n) is 12.4. The van der Waals surface area contributed by atoms with Gasteiger partial charge in [0.1, 0.15) is 22.1 Å². The van der Waals surface area contributed by atoms with Crippen molar-refractivity contribution in [2.24, 2.45) is 29.4 Å². The monoisotopic (exact) mass is 503 g/mol. The van der Waals surface area contributed by atoms with Crippen molar-refractivity contribution in [2.75, 3.05) is 21.3 Å². The van der Waals surface area contributed by atoms with Crippen LogP contribution in [0.1, 0.15) is 62.2 Å². The molecule has 8 heteroatoms. The van der Waals surface area contributed by atoms with Gasteiger partial charge in [0.25, 0.3) is 0 Å². The summed E-state index contributed by atoms with van der Waals surface area (Å²) in [5.41, 5.74) is 5.43. The fourth-order valence-corrected chi connectivity index (χ4v) is 7.74. The number of ether oxygens (including phenoxy) is 4. The van der Waals surface area contributed by atoms with E-state index in [-0.39, 0.29) is 40.1 Å². The molecule has 1 aromatic rings.